The predicted molar refractivity (Wildman–Crippen MR) is 95.6 cm³/mol. The topological polar surface area (TPSA) is 34.8 Å². The lowest BCUT2D eigenvalue weighted by Crippen LogP contribution is -2.30. The van der Waals surface area contributed by atoms with E-state index in [2.05, 4.69) is 56.6 Å². The molecule has 0 radical (unpaired) electrons. The van der Waals surface area contributed by atoms with E-state index in [0.717, 1.165) is 40.3 Å². The molecule has 1 aliphatic heterocycles. The molecule has 0 unspecified atom stereocenters. The van der Waals surface area contributed by atoms with Crippen molar-refractivity contribution in [3.63, 3.8) is 0 Å². The molecule has 0 spiro atoms. The van der Waals surface area contributed by atoms with E-state index in [1.807, 2.05) is 30.6 Å². The second-order valence-corrected chi connectivity index (χ2v) is 6.37. The zero-order valence-electron chi connectivity index (χ0n) is 13.4. The van der Waals surface area contributed by atoms with E-state index in [1.54, 1.807) is 0 Å². The lowest BCUT2D eigenvalue weighted by molar-refractivity contribution is -0.648. The normalized spacial score (nSPS) is 12.6. The van der Waals surface area contributed by atoms with Crippen molar-refractivity contribution in [1.82, 2.24) is 9.55 Å². The second-order valence-electron chi connectivity index (χ2n) is 6.37. The van der Waals surface area contributed by atoms with Crippen molar-refractivity contribution >= 4 is 22.1 Å². The van der Waals surface area contributed by atoms with Crippen LogP contribution < -0.4 is 4.57 Å². The number of aromatic nitrogens is 3. The number of hydrogen-bond donors (Lipinski definition) is 0. The van der Waals surface area contributed by atoms with Crippen molar-refractivity contribution in [1.29, 1.82) is 0 Å². The minimum atomic E-state index is 0.842. The minimum absolute atomic E-state index is 0.842. The molecule has 0 N–H and O–H groups in total. The van der Waals surface area contributed by atoms with Gasteiger partial charge in [-0.05, 0) is 24.3 Å². The first-order valence-corrected chi connectivity index (χ1v) is 8.36. The van der Waals surface area contributed by atoms with Crippen molar-refractivity contribution in [2.45, 2.75) is 6.54 Å². The predicted octanol–water partition coefficient (Wildman–Crippen LogP) is 4.09. The van der Waals surface area contributed by atoms with E-state index >= 15 is 0 Å². The van der Waals surface area contributed by atoms with Crippen LogP contribution in [0.4, 0.5) is 0 Å². The molecular weight excluding hydrogens is 310 g/mol. The van der Waals surface area contributed by atoms with Gasteiger partial charge >= 0.3 is 5.89 Å². The van der Waals surface area contributed by atoms with E-state index in [4.69, 9.17) is 4.42 Å². The first kappa shape index (κ1) is 13.0. The lowest BCUT2D eigenvalue weighted by atomic mass is 10.1. The molecule has 6 rings (SSSR count). The van der Waals surface area contributed by atoms with Gasteiger partial charge in [0.15, 0.2) is 6.54 Å². The fourth-order valence-electron chi connectivity index (χ4n) is 3.92. The highest BCUT2D eigenvalue weighted by molar-refractivity contribution is 6.03. The van der Waals surface area contributed by atoms with Crippen LogP contribution in [0, 0.1) is 0 Å². The van der Waals surface area contributed by atoms with Crippen LogP contribution in [0.3, 0.4) is 0 Å². The molecule has 4 nitrogen and oxygen atoms in total. The van der Waals surface area contributed by atoms with Gasteiger partial charge in [-0.15, -0.1) is 4.57 Å². The van der Waals surface area contributed by atoms with E-state index in [0.29, 0.717) is 0 Å². The average molecular weight is 324 g/mol. The molecule has 0 fully saturated rings. The SMILES string of the molecule is c1ccc(-n2c3cnccc3c3c2oc2[n+]3Cc3ccccc3-2)cc1. The zero-order chi connectivity index (χ0) is 16.4. The molecule has 0 aliphatic carbocycles. The first-order chi connectivity index (χ1) is 12.4. The monoisotopic (exact) mass is 324 g/mol. The number of nitrogens with zero attached hydrogens (tertiary/aromatic N) is 3. The lowest BCUT2D eigenvalue weighted by Gasteiger charge is -2.03. The Morgan fingerprint density at radius 2 is 1.80 bits per heavy atom. The third-order valence-corrected chi connectivity index (χ3v) is 5.00. The number of hydrogen-bond acceptors (Lipinski definition) is 2. The van der Waals surface area contributed by atoms with E-state index in [9.17, 15) is 0 Å². The Morgan fingerprint density at radius 3 is 2.72 bits per heavy atom. The van der Waals surface area contributed by atoms with Crippen LogP contribution in [0.1, 0.15) is 5.56 Å². The van der Waals surface area contributed by atoms with Crippen molar-refractivity contribution < 1.29 is 8.98 Å². The Hall–Kier alpha value is -3.40. The van der Waals surface area contributed by atoms with Crippen molar-refractivity contribution in [2.75, 3.05) is 0 Å². The molecule has 1 aliphatic rings. The second kappa shape index (κ2) is 4.57. The van der Waals surface area contributed by atoms with Gasteiger partial charge in [0.2, 0.25) is 0 Å². The number of fused-ring (bicyclic) bond motifs is 7. The summed E-state index contributed by atoms with van der Waals surface area (Å²) >= 11 is 0. The number of para-hydroxylation sites is 1. The van der Waals surface area contributed by atoms with Gasteiger partial charge < -0.3 is 4.42 Å². The van der Waals surface area contributed by atoms with Crippen LogP contribution in [0.2, 0.25) is 0 Å². The zero-order valence-corrected chi connectivity index (χ0v) is 13.4. The van der Waals surface area contributed by atoms with Gasteiger partial charge in [0.1, 0.15) is 0 Å². The van der Waals surface area contributed by atoms with Gasteiger partial charge in [0.25, 0.3) is 11.2 Å². The Kier molecular flexibility index (Phi) is 2.37. The molecule has 5 aromatic rings. The molecule has 2 aromatic carbocycles. The third-order valence-electron chi connectivity index (χ3n) is 5.00. The molecule has 0 amide bonds. The highest BCUT2D eigenvalue weighted by atomic mass is 16.4. The van der Waals surface area contributed by atoms with E-state index in [-0.39, 0.29) is 0 Å². The van der Waals surface area contributed by atoms with Gasteiger partial charge in [-0.2, -0.15) is 0 Å². The molecule has 0 saturated carbocycles. The molecule has 25 heavy (non-hydrogen) atoms. The minimum Gasteiger partial charge on any atom is -0.380 e. The molecule has 118 valence electrons. The molecule has 0 atom stereocenters. The largest absolute Gasteiger partial charge is 0.383 e. The van der Waals surface area contributed by atoms with Crippen LogP contribution in [0.15, 0.2) is 77.5 Å². The summed E-state index contributed by atoms with van der Waals surface area (Å²) in [5.41, 5.74) is 6.63. The maximum absolute atomic E-state index is 6.41. The van der Waals surface area contributed by atoms with Gasteiger partial charge in [0.05, 0.1) is 22.7 Å². The molecule has 4 heteroatoms. The van der Waals surface area contributed by atoms with Crippen LogP contribution in [-0.2, 0) is 6.54 Å². The summed E-state index contributed by atoms with van der Waals surface area (Å²) in [5.74, 6) is 0.934. The maximum atomic E-state index is 6.41. The number of rotatable bonds is 1. The van der Waals surface area contributed by atoms with Crippen LogP contribution >= 0.6 is 0 Å². The van der Waals surface area contributed by atoms with Crippen molar-refractivity contribution in [3.8, 4) is 17.1 Å². The Bertz CT molecular complexity index is 1260. The van der Waals surface area contributed by atoms with E-state index in [1.165, 1.54) is 11.1 Å². The Balaban J connectivity index is 1.78. The van der Waals surface area contributed by atoms with Crippen molar-refractivity contribution in [2.24, 2.45) is 0 Å². The summed E-state index contributed by atoms with van der Waals surface area (Å²) in [7, 11) is 0. The third kappa shape index (κ3) is 1.61. The summed E-state index contributed by atoms with van der Waals surface area (Å²) in [6.07, 6.45) is 3.76. The molecule has 3 aromatic heterocycles. The van der Waals surface area contributed by atoms with Gasteiger partial charge in [0, 0.05) is 17.4 Å². The fraction of sp³-hybridized carbons (Fsp3) is 0.0476. The van der Waals surface area contributed by atoms with Gasteiger partial charge in [-0.3, -0.25) is 9.55 Å². The molecule has 4 heterocycles. The quantitative estimate of drug-likeness (QED) is 0.427. The summed E-state index contributed by atoms with van der Waals surface area (Å²) in [6.45, 7) is 0.842. The molecule has 0 saturated heterocycles. The van der Waals surface area contributed by atoms with E-state index < -0.39 is 0 Å². The Labute approximate surface area is 143 Å². The summed E-state index contributed by atoms with van der Waals surface area (Å²) in [4.78, 5) is 4.34. The summed E-state index contributed by atoms with van der Waals surface area (Å²) in [5, 5.41) is 1.16. The molecule has 0 bridgehead atoms. The summed E-state index contributed by atoms with van der Waals surface area (Å²) < 4.78 is 10.8. The number of benzene rings is 2. The Morgan fingerprint density at radius 1 is 0.960 bits per heavy atom. The number of pyridine rings is 1. The van der Waals surface area contributed by atoms with Crippen LogP contribution in [0.5, 0.6) is 0 Å². The molecular formula is C21H14N3O+. The number of oxazole rings is 1. The van der Waals surface area contributed by atoms with Gasteiger partial charge in [-0.25, -0.2) is 0 Å². The maximum Gasteiger partial charge on any atom is 0.383 e. The van der Waals surface area contributed by atoms with Gasteiger partial charge in [-0.1, -0.05) is 36.4 Å². The average Bonchev–Trinajstić information content (AvgIpc) is 3.29. The van der Waals surface area contributed by atoms with Crippen molar-refractivity contribution in [3.05, 3.63) is 78.6 Å². The smallest absolute Gasteiger partial charge is 0.380 e. The highest BCUT2D eigenvalue weighted by Crippen LogP contribution is 2.36. The summed E-state index contributed by atoms with van der Waals surface area (Å²) in [6, 6.07) is 20.8. The highest BCUT2D eigenvalue weighted by Gasteiger charge is 2.37. The fourth-order valence-corrected chi connectivity index (χ4v) is 3.92. The van der Waals surface area contributed by atoms with Crippen LogP contribution in [-0.4, -0.2) is 9.55 Å². The first-order valence-electron chi connectivity index (χ1n) is 8.36. The standard InChI is InChI=1S/C21H14N3O/c1-2-7-15(8-3-1)24-18-12-22-11-10-17(18)19-21(24)25-20-16-9-5-4-6-14(16)13-23(19)20/h1-12H,13H2/q+1. The van der Waals surface area contributed by atoms with Crippen LogP contribution in [0.25, 0.3) is 39.3 Å².